The lowest BCUT2D eigenvalue weighted by molar-refractivity contribution is 0.108. The Morgan fingerprint density at radius 2 is 1.47 bits per heavy atom. The molecule has 1 aromatic rings. The van der Waals surface area contributed by atoms with E-state index in [0.29, 0.717) is 30.3 Å². The molecule has 0 aliphatic rings. The molecule has 0 saturated heterocycles. The Morgan fingerprint density at radius 3 is 1.74 bits per heavy atom. The summed E-state index contributed by atoms with van der Waals surface area (Å²) in [5, 5.41) is -0.407. The Kier molecular flexibility index (Phi) is 9.08. The first-order valence-corrected chi connectivity index (χ1v) is 6.25. The summed E-state index contributed by atoms with van der Waals surface area (Å²) in [5.41, 5.74) is 11.4. The number of amidine groups is 2. The number of hydrogen-bond donors (Lipinski definition) is 2. The van der Waals surface area contributed by atoms with Crippen molar-refractivity contribution >= 4 is 28.5 Å². The molecule has 0 spiro atoms. The number of carbonyl (C=O) groups is 1. The topological polar surface area (TPSA) is 93.8 Å². The molecular weight excluding hydrogens is 264 g/mol. The second kappa shape index (κ2) is 10.1. The molecule has 0 amide bonds. The van der Waals surface area contributed by atoms with Crippen LogP contribution >= 0.6 is 11.6 Å². The largest absolute Gasteiger partial charge is 0.381 e. The summed E-state index contributed by atoms with van der Waals surface area (Å²) >= 11 is 5.16. The molecule has 5 nitrogen and oxygen atoms in total. The Bertz CT molecular complexity index is 425. The first kappa shape index (κ1) is 17.1. The maximum absolute atomic E-state index is 10.4. The van der Waals surface area contributed by atoms with Crippen molar-refractivity contribution in [2.24, 2.45) is 21.5 Å². The lowest BCUT2D eigenvalue weighted by Gasteiger charge is -1.96. The van der Waals surface area contributed by atoms with Crippen molar-refractivity contribution in [3.05, 3.63) is 35.9 Å². The fourth-order valence-electron chi connectivity index (χ4n) is 1.07. The van der Waals surface area contributed by atoms with Crippen LogP contribution in [0.1, 0.15) is 24.2 Å². The standard InChI is InChI=1S/C7H5ClO.C6H14N4/c8-7(9)6-4-2-1-3-5-6;1-3-9-5(7)6(8)10-4-2/h1-5H;3-4H2,1-2H3,(H2,7,9)(H2,8,10). The molecule has 19 heavy (non-hydrogen) atoms. The number of nitrogens with two attached hydrogens (primary N) is 2. The van der Waals surface area contributed by atoms with Gasteiger partial charge in [0.1, 0.15) is 0 Å². The highest BCUT2D eigenvalue weighted by Gasteiger charge is 1.96. The van der Waals surface area contributed by atoms with E-state index in [2.05, 4.69) is 9.98 Å². The Balaban J connectivity index is 0.000000342. The van der Waals surface area contributed by atoms with E-state index >= 15 is 0 Å². The number of nitrogens with zero attached hydrogens (tertiary/aromatic N) is 2. The molecule has 0 atom stereocenters. The van der Waals surface area contributed by atoms with Gasteiger partial charge in [0, 0.05) is 18.7 Å². The van der Waals surface area contributed by atoms with E-state index in [1.807, 2.05) is 19.9 Å². The van der Waals surface area contributed by atoms with Gasteiger partial charge in [-0.25, -0.2) is 0 Å². The smallest absolute Gasteiger partial charge is 0.252 e. The number of carbonyl (C=O) groups excluding carboxylic acids is 1. The molecule has 0 heterocycles. The van der Waals surface area contributed by atoms with Gasteiger partial charge in [0.15, 0.2) is 11.7 Å². The average Bonchev–Trinajstić information content (AvgIpc) is 2.41. The van der Waals surface area contributed by atoms with E-state index in [1.165, 1.54) is 0 Å². The van der Waals surface area contributed by atoms with Gasteiger partial charge >= 0.3 is 0 Å². The third-order valence-corrected chi connectivity index (χ3v) is 2.14. The van der Waals surface area contributed by atoms with Gasteiger partial charge in [-0.15, -0.1) is 0 Å². The highest BCUT2D eigenvalue weighted by atomic mass is 35.5. The number of rotatable bonds is 3. The van der Waals surface area contributed by atoms with E-state index in [9.17, 15) is 4.79 Å². The van der Waals surface area contributed by atoms with Gasteiger partial charge in [0.2, 0.25) is 0 Å². The van der Waals surface area contributed by atoms with E-state index in [0.717, 1.165) is 0 Å². The number of hydrogen-bond acceptors (Lipinski definition) is 3. The van der Waals surface area contributed by atoms with Crippen LogP contribution in [0.5, 0.6) is 0 Å². The van der Waals surface area contributed by atoms with Crippen LogP contribution in [0.15, 0.2) is 40.3 Å². The molecule has 0 unspecified atom stereocenters. The quantitative estimate of drug-likeness (QED) is 0.503. The van der Waals surface area contributed by atoms with Gasteiger partial charge < -0.3 is 11.5 Å². The van der Waals surface area contributed by atoms with Crippen molar-refractivity contribution in [2.75, 3.05) is 13.1 Å². The first-order chi connectivity index (χ1) is 9.02. The summed E-state index contributed by atoms with van der Waals surface area (Å²) in [6.07, 6.45) is 0. The molecule has 0 aliphatic carbocycles. The molecule has 0 aromatic heterocycles. The Morgan fingerprint density at radius 1 is 1.05 bits per heavy atom. The van der Waals surface area contributed by atoms with Gasteiger partial charge in [-0.1, -0.05) is 30.3 Å². The summed E-state index contributed by atoms with van der Waals surface area (Å²) < 4.78 is 0. The van der Waals surface area contributed by atoms with Crippen molar-refractivity contribution < 1.29 is 4.79 Å². The van der Waals surface area contributed by atoms with Crippen molar-refractivity contribution in [1.29, 1.82) is 0 Å². The highest BCUT2D eigenvalue weighted by molar-refractivity contribution is 6.67. The molecule has 1 rings (SSSR count). The molecular formula is C13H19ClN4O. The fourth-order valence-corrected chi connectivity index (χ4v) is 1.20. The van der Waals surface area contributed by atoms with Crippen LogP contribution < -0.4 is 11.5 Å². The van der Waals surface area contributed by atoms with Crippen molar-refractivity contribution in [2.45, 2.75) is 13.8 Å². The van der Waals surface area contributed by atoms with Gasteiger partial charge in [-0.3, -0.25) is 14.8 Å². The van der Waals surface area contributed by atoms with Gasteiger partial charge in [0.05, 0.1) is 0 Å². The lowest BCUT2D eigenvalue weighted by atomic mass is 10.2. The van der Waals surface area contributed by atoms with Crippen molar-refractivity contribution in [3.8, 4) is 0 Å². The van der Waals surface area contributed by atoms with Crippen LogP contribution in [0, 0.1) is 0 Å². The average molecular weight is 283 g/mol. The van der Waals surface area contributed by atoms with Crippen LogP contribution in [0.3, 0.4) is 0 Å². The predicted octanol–water partition coefficient (Wildman–Crippen LogP) is 1.81. The Labute approximate surface area is 118 Å². The maximum atomic E-state index is 10.4. The summed E-state index contributed by atoms with van der Waals surface area (Å²) in [7, 11) is 0. The predicted molar refractivity (Wildman–Crippen MR) is 81.0 cm³/mol. The van der Waals surface area contributed by atoms with Crippen LogP contribution in [-0.4, -0.2) is 30.0 Å². The number of benzene rings is 1. The zero-order chi connectivity index (χ0) is 14.7. The minimum Gasteiger partial charge on any atom is -0.381 e. The third-order valence-electron chi connectivity index (χ3n) is 1.92. The minimum absolute atomic E-state index is 0.337. The third kappa shape index (κ3) is 7.94. The molecule has 0 saturated carbocycles. The molecule has 4 N–H and O–H groups in total. The SMILES string of the molecule is CCN=C(N)C(N)=NCC.O=C(Cl)c1ccccc1. The van der Waals surface area contributed by atoms with Crippen LogP contribution in [0.25, 0.3) is 0 Å². The number of halogens is 1. The monoisotopic (exact) mass is 282 g/mol. The van der Waals surface area contributed by atoms with Gasteiger partial charge in [-0.2, -0.15) is 0 Å². The second-order valence-electron chi connectivity index (χ2n) is 3.36. The van der Waals surface area contributed by atoms with Crippen molar-refractivity contribution in [3.63, 3.8) is 0 Å². The number of aliphatic imine (C=N–C) groups is 2. The van der Waals surface area contributed by atoms with Crippen LogP contribution in [0.4, 0.5) is 0 Å². The lowest BCUT2D eigenvalue weighted by Crippen LogP contribution is -2.31. The fraction of sp³-hybridized carbons (Fsp3) is 0.308. The highest BCUT2D eigenvalue weighted by Crippen LogP contribution is 2.01. The molecule has 6 heteroatoms. The maximum Gasteiger partial charge on any atom is 0.252 e. The molecule has 0 aliphatic heterocycles. The summed E-state index contributed by atoms with van der Waals surface area (Å²) in [5.74, 6) is 0.675. The van der Waals surface area contributed by atoms with Crippen LogP contribution in [-0.2, 0) is 0 Å². The second-order valence-corrected chi connectivity index (χ2v) is 3.70. The molecule has 104 valence electrons. The minimum atomic E-state index is -0.407. The first-order valence-electron chi connectivity index (χ1n) is 5.88. The normalized spacial score (nSPS) is 11.5. The van der Waals surface area contributed by atoms with Crippen LogP contribution in [0.2, 0.25) is 0 Å². The van der Waals surface area contributed by atoms with Crippen molar-refractivity contribution in [1.82, 2.24) is 0 Å². The molecule has 0 fully saturated rings. The summed E-state index contributed by atoms with van der Waals surface area (Å²) in [6, 6.07) is 8.74. The zero-order valence-corrected chi connectivity index (χ0v) is 11.9. The summed E-state index contributed by atoms with van der Waals surface area (Å²) in [4.78, 5) is 18.2. The Hall–Kier alpha value is -1.88. The van der Waals surface area contributed by atoms with Gasteiger partial charge in [-0.05, 0) is 25.4 Å². The van der Waals surface area contributed by atoms with E-state index in [1.54, 1.807) is 24.3 Å². The molecule has 0 radical (unpaired) electrons. The summed E-state index contributed by atoms with van der Waals surface area (Å²) in [6.45, 7) is 5.08. The molecule has 0 bridgehead atoms. The molecule has 1 aromatic carbocycles. The zero-order valence-electron chi connectivity index (χ0n) is 11.1. The van der Waals surface area contributed by atoms with E-state index < -0.39 is 5.24 Å². The van der Waals surface area contributed by atoms with E-state index in [-0.39, 0.29) is 0 Å². The van der Waals surface area contributed by atoms with Gasteiger partial charge in [0.25, 0.3) is 5.24 Å². The van der Waals surface area contributed by atoms with E-state index in [4.69, 9.17) is 23.1 Å².